The van der Waals surface area contributed by atoms with Gasteiger partial charge < -0.3 is 10.4 Å². The summed E-state index contributed by atoms with van der Waals surface area (Å²) in [6.45, 7) is 0. The van der Waals surface area contributed by atoms with Crippen molar-refractivity contribution in [2.45, 2.75) is 37.8 Å². The van der Waals surface area contributed by atoms with Crippen LogP contribution < -0.4 is 5.32 Å². The van der Waals surface area contributed by atoms with Gasteiger partial charge in [-0.25, -0.2) is 13.9 Å². The lowest BCUT2D eigenvalue weighted by Gasteiger charge is -2.26. The molecular weight excluding hydrogens is 343 g/mol. The molecule has 1 aromatic carbocycles. The number of aromatic nitrogens is 3. The SMILES string of the molecule is OC1CCC(Nc2ccc3ncc(-c4ccc(Cl)c(F)c4)n3n2)CC1. The molecule has 1 saturated carbocycles. The number of nitrogens with zero attached hydrogens (tertiary/aromatic N) is 3. The summed E-state index contributed by atoms with van der Waals surface area (Å²) in [4.78, 5) is 4.33. The van der Waals surface area contributed by atoms with E-state index in [4.69, 9.17) is 11.6 Å². The van der Waals surface area contributed by atoms with Crippen LogP contribution in [0.15, 0.2) is 36.5 Å². The van der Waals surface area contributed by atoms with E-state index in [0.717, 1.165) is 31.5 Å². The van der Waals surface area contributed by atoms with E-state index in [0.29, 0.717) is 22.9 Å². The first-order valence-electron chi connectivity index (χ1n) is 8.35. The molecule has 0 saturated heterocycles. The summed E-state index contributed by atoms with van der Waals surface area (Å²) in [5.41, 5.74) is 2.06. The van der Waals surface area contributed by atoms with E-state index in [-0.39, 0.29) is 11.1 Å². The molecule has 2 aromatic heterocycles. The zero-order valence-corrected chi connectivity index (χ0v) is 14.2. The van der Waals surface area contributed by atoms with Gasteiger partial charge in [-0.1, -0.05) is 17.7 Å². The number of fused-ring (bicyclic) bond motifs is 1. The van der Waals surface area contributed by atoms with Crippen LogP contribution in [0.4, 0.5) is 10.2 Å². The maximum absolute atomic E-state index is 13.8. The molecule has 0 spiro atoms. The van der Waals surface area contributed by atoms with E-state index >= 15 is 0 Å². The van der Waals surface area contributed by atoms with Crippen molar-refractivity contribution in [3.8, 4) is 11.3 Å². The zero-order valence-electron chi connectivity index (χ0n) is 13.5. The first-order chi connectivity index (χ1) is 12.1. The lowest BCUT2D eigenvalue weighted by Crippen LogP contribution is -2.28. The molecule has 7 heteroatoms. The predicted molar refractivity (Wildman–Crippen MR) is 95.3 cm³/mol. The van der Waals surface area contributed by atoms with Crippen molar-refractivity contribution in [2.75, 3.05) is 5.32 Å². The molecule has 2 heterocycles. The third-order valence-corrected chi connectivity index (χ3v) is 4.93. The molecule has 0 atom stereocenters. The highest BCUT2D eigenvalue weighted by Gasteiger charge is 2.19. The van der Waals surface area contributed by atoms with E-state index < -0.39 is 5.82 Å². The fourth-order valence-corrected chi connectivity index (χ4v) is 3.35. The van der Waals surface area contributed by atoms with Gasteiger partial charge in [0, 0.05) is 11.6 Å². The molecule has 25 heavy (non-hydrogen) atoms. The van der Waals surface area contributed by atoms with Gasteiger partial charge in [-0.15, -0.1) is 5.10 Å². The molecule has 3 aromatic rings. The summed E-state index contributed by atoms with van der Waals surface area (Å²) in [6.07, 6.45) is 4.93. The van der Waals surface area contributed by atoms with Gasteiger partial charge in [0.2, 0.25) is 0 Å². The molecule has 130 valence electrons. The number of halogens is 2. The van der Waals surface area contributed by atoms with Crippen LogP contribution in [-0.2, 0) is 0 Å². The van der Waals surface area contributed by atoms with Crippen LogP contribution in [0.2, 0.25) is 5.02 Å². The van der Waals surface area contributed by atoms with Crippen LogP contribution >= 0.6 is 11.6 Å². The minimum absolute atomic E-state index is 0.0902. The topological polar surface area (TPSA) is 62.5 Å². The summed E-state index contributed by atoms with van der Waals surface area (Å²) in [5.74, 6) is 0.270. The maximum Gasteiger partial charge on any atom is 0.154 e. The Morgan fingerprint density at radius 1 is 1.16 bits per heavy atom. The normalized spacial score (nSPS) is 20.8. The molecule has 5 nitrogen and oxygen atoms in total. The second kappa shape index (κ2) is 6.61. The number of hydrogen-bond acceptors (Lipinski definition) is 4. The number of imidazole rings is 1. The quantitative estimate of drug-likeness (QED) is 0.743. The first kappa shape index (κ1) is 16.3. The van der Waals surface area contributed by atoms with Crippen molar-refractivity contribution in [1.29, 1.82) is 0 Å². The van der Waals surface area contributed by atoms with Gasteiger partial charge in [0.15, 0.2) is 5.65 Å². The van der Waals surface area contributed by atoms with Gasteiger partial charge in [-0.2, -0.15) is 0 Å². The van der Waals surface area contributed by atoms with Crippen LogP contribution in [0.5, 0.6) is 0 Å². The molecular formula is C18H18ClFN4O. The van der Waals surface area contributed by atoms with Crippen molar-refractivity contribution < 1.29 is 9.50 Å². The van der Waals surface area contributed by atoms with Crippen LogP contribution in [0.3, 0.4) is 0 Å². The third kappa shape index (κ3) is 3.32. The maximum atomic E-state index is 13.8. The number of aliphatic hydroxyl groups excluding tert-OH is 1. The highest BCUT2D eigenvalue weighted by molar-refractivity contribution is 6.30. The predicted octanol–water partition coefficient (Wildman–Crippen LogP) is 3.90. The average molecular weight is 361 g/mol. The van der Waals surface area contributed by atoms with Gasteiger partial charge in [0.25, 0.3) is 0 Å². The summed E-state index contributed by atoms with van der Waals surface area (Å²) in [7, 11) is 0. The Labute approximate surface area is 149 Å². The summed E-state index contributed by atoms with van der Waals surface area (Å²) >= 11 is 5.76. The van der Waals surface area contributed by atoms with Crippen molar-refractivity contribution in [3.63, 3.8) is 0 Å². The molecule has 1 aliphatic carbocycles. The minimum atomic E-state index is -0.468. The van der Waals surface area contributed by atoms with Gasteiger partial charge in [-0.3, -0.25) is 0 Å². The molecule has 2 N–H and O–H groups in total. The highest BCUT2D eigenvalue weighted by atomic mass is 35.5. The largest absolute Gasteiger partial charge is 0.393 e. The fourth-order valence-electron chi connectivity index (χ4n) is 3.23. The molecule has 0 radical (unpaired) electrons. The second-order valence-corrected chi connectivity index (χ2v) is 6.82. The van der Waals surface area contributed by atoms with E-state index in [1.807, 2.05) is 12.1 Å². The summed E-state index contributed by atoms with van der Waals surface area (Å²) in [6, 6.07) is 8.73. The van der Waals surface area contributed by atoms with E-state index in [1.54, 1.807) is 16.8 Å². The number of benzene rings is 1. The molecule has 1 aliphatic rings. The molecule has 4 rings (SSSR count). The van der Waals surface area contributed by atoms with Crippen LogP contribution in [-0.4, -0.2) is 31.9 Å². The number of anilines is 1. The average Bonchev–Trinajstić information content (AvgIpc) is 3.03. The Morgan fingerprint density at radius 3 is 2.72 bits per heavy atom. The van der Waals surface area contributed by atoms with Gasteiger partial charge in [0.05, 0.1) is 23.0 Å². The first-order valence-corrected chi connectivity index (χ1v) is 8.73. The Balaban J connectivity index is 1.64. The summed E-state index contributed by atoms with van der Waals surface area (Å²) in [5, 5.41) is 17.7. The standard InChI is InChI=1S/C18H18ClFN4O/c19-14-6-1-11(9-15(14)20)16-10-21-18-8-7-17(23-24(16)18)22-12-2-4-13(25)5-3-12/h1,6-10,12-13,25H,2-5H2,(H,22,23). The number of hydrogen-bond donors (Lipinski definition) is 2. The zero-order chi connectivity index (χ0) is 17.4. The molecule has 0 unspecified atom stereocenters. The van der Waals surface area contributed by atoms with Crippen molar-refractivity contribution in [2.24, 2.45) is 0 Å². The second-order valence-electron chi connectivity index (χ2n) is 6.41. The lowest BCUT2D eigenvalue weighted by molar-refractivity contribution is 0.126. The number of nitrogens with one attached hydrogen (secondary N) is 1. The summed E-state index contributed by atoms with van der Waals surface area (Å²) < 4.78 is 15.5. The highest BCUT2D eigenvalue weighted by Crippen LogP contribution is 2.26. The molecule has 1 fully saturated rings. The molecule has 0 aliphatic heterocycles. The Bertz CT molecular complexity index is 905. The van der Waals surface area contributed by atoms with Gasteiger partial charge >= 0.3 is 0 Å². The number of rotatable bonds is 3. The fraction of sp³-hybridized carbons (Fsp3) is 0.333. The van der Waals surface area contributed by atoms with Crippen LogP contribution in [0.25, 0.3) is 16.9 Å². The molecule has 0 amide bonds. The van der Waals surface area contributed by atoms with E-state index in [9.17, 15) is 9.50 Å². The van der Waals surface area contributed by atoms with E-state index in [1.165, 1.54) is 12.1 Å². The van der Waals surface area contributed by atoms with Crippen LogP contribution in [0.1, 0.15) is 25.7 Å². The Kier molecular flexibility index (Phi) is 4.31. The third-order valence-electron chi connectivity index (χ3n) is 4.63. The monoisotopic (exact) mass is 360 g/mol. The van der Waals surface area contributed by atoms with Crippen molar-refractivity contribution in [1.82, 2.24) is 14.6 Å². The van der Waals surface area contributed by atoms with Crippen molar-refractivity contribution in [3.05, 3.63) is 47.4 Å². The number of aliphatic hydroxyl groups is 1. The smallest absolute Gasteiger partial charge is 0.154 e. The van der Waals surface area contributed by atoms with Gasteiger partial charge in [-0.05, 0) is 49.9 Å². The van der Waals surface area contributed by atoms with Gasteiger partial charge in [0.1, 0.15) is 11.6 Å². The Hall–Kier alpha value is -2.18. The Morgan fingerprint density at radius 2 is 1.96 bits per heavy atom. The van der Waals surface area contributed by atoms with E-state index in [2.05, 4.69) is 15.4 Å². The lowest BCUT2D eigenvalue weighted by atomic mass is 9.93. The minimum Gasteiger partial charge on any atom is -0.393 e. The van der Waals surface area contributed by atoms with Crippen LogP contribution in [0, 0.1) is 5.82 Å². The van der Waals surface area contributed by atoms with Crippen molar-refractivity contribution >= 4 is 23.1 Å². The molecule has 0 bridgehead atoms.